The topological polar surface area (TPSA) is 85.0 Å². The van der Waals surface area contributed by atoms with Gasteiger partial charge < -0.3 is 9.32 Å². The zero-order chi connectivity index (χ0) is 16.5. The smallest absolute Gasteiger partial charge is 0.267 e. The lowest BCUT2D eigenvalue weighted by Gasteiger charge is -2.30. The van der Waals surface area contributed by atoms with Crippen molar-refractivity contribution in [2.24, 2.45) is 0 Å². The van der Waals surface area contributed by atoms with E-state index in [1.54, 1.807) is 11.3 Å². The Bertz CT molecular complexity index is 842. The van der Waals surface area contributed by atoms with Crippen molar-refractivity contribution >= 4 is 28.8 Å². The fourth-order valence-electron chi connectivity index (χ4n) is 2.84. The predicted octanol–water partition coefficient (Wildman–Crippen LogP) is 2.98. The van der Waals surface area contributed by atoms with E-state index in [9.17, 15) is 4.79 Å². The molecule has 9 heteroatoms. The standard InChI is InChI=1S/C15H15N5O2S2/c1-9-12(24-19-16-9)15(21)20-5-2-3-10(7-20)13-17-18-14(22-13)11-4-6-23-8-11/h4,6,8,10H,2-3,5,7H2,1H3/t10-/m1/s1. The molecular weight excluding hydrogens is 346 g/mol. The largest absolute Gasteiger partial charge is 0.420 e. The lowest BCUT2D eigenvalue weighted by molar-refractivity contribution is 0.0702. The summed E-state index contributed by atoms with van der Waals surface area (Å²) in [6.07, 6.45) is 1.85. The molecule has 0 aliphatic carbocycles. The molecule has 1 aliphatic rings. The zero-order valence-electron chi connectivity index (χ0n) is 13.0. The number of carbonyl (C=O) groups is 1. The molecule has 24 heavy (non-hydrogen) atoms. The third-order valence-electron chi connectivity index (χ3n) is 4.11. The first-order valence-electron chi connectivity index (χ1n) is 7.66. The molecule has 0 N–H and O–H groups in total. The van der Waals surface area contributed by atoms with Crippen LogP contribution in [0, 0.1) is 6.92 Å². The van der Waals surface area contributed by atoms with Crippen molar-refractivity contribution in [1.82, 2.24) is 24.7 Å². The molecule has 1 amide bonds. The van der Waals surface area contributed by atoms with Crippen LogP contribution in [-0.4, -0.2) is 43.7 Å². The monoisotopic (exact) mass is 361 g/mol. The van der Waals surface area contributed by atoms with Crippen LogP contribution in [0.2, 0.25) is 0 Å². The first-order valence-corrected chi connectivity index (χ1v) is 9.38. The van der Waals surface area contributed by atoms with Gasteiger partial charge in [-0.2, -0.15) is 11.3 Å². The maximum absolute atomic E-state index is 12.6. The minimum atomic E-state index is -0.00947. The van der Waals surface area contributed by atoms with Crippen molar-refractivity contribution < 1.29 is 9.21 Å². The lowest BCUT2D eigenvalue weighted by atomic mass is 9.98. The molecule has 4 rings (SSSR count). The Labute approximate surface area is 146 Å². The molecule has 0 spiro atoms. The van der Waals surface area contributed by atoms with Gasteiger partial charge >= 0.3 is 0 Å². The van der Waals surface area contributed by atoms with Crippen LogP contribution in [0.1, 0.15) is 40.0 Å². The van der Waals surface area contributed by atoms with Crippen LogP contribution in [-0.2, 0) is 0 Å². The maximum Gasteiger partial charge on any atom is 0.267 e. The van der Waals surface area contributed by atoms with E-state index in [4.69, 9.17) is 4.42 Å². The van der Waals surface area contributed by atoms with E-state index in [1.165, 1.54) is 0 Å². The van der Waals surface area contributed by atoms with Gasteiger partial charge in [-0.25, -0.2) is 0 Å². The number of hydrogen-bond acceptors (Lipinski definition) is 8. The number of carbonyl (C=O) groups excluding carboxylic acids is 1. The molecule has 7 nitrogen and oxygen atoms in total. The number of amides is 1. The van der Waals surface area contributed by atoms with Crippen LogP contribution >= 0.6 is 22.9 Å². The minimum Gasteiger partial charge on any atom is -0.420 e. The highest BCUT2D eigenvalue weighted by atomic mass is 32.1. The number of likely N-dealkylation sites (tertiary alicyclic amines) is 1. The Hall–Kier alpha value is -2.13. The summed E-state index contributed by atoms with van der Waals surface area (Å²) < 4.78 is 9.69. The molecule has 0 aromatic carbocycles. The molecule has 124 valence electrons. The van der Waals surface area contributed by atoms with Gasteiger partial charge in [-0.05, 0) is 42.7 Å². The molecule has 4 heterocycles. The van der Waals surface area contributed by atoms with Crippen LogP contribution in [0.15, 0.2) is 21.2 Å². The summed E-state index contributed by atoms with van der Waals surface area (Å²) in [7, 11) is 0. The highest BCUT2D eigenvalue weighted by molar-refractivity contribution is 7.08. The summed E-state index contributed by atoms with van der Waals surface area (Å²) in [6, 6.07) is 1.96. The summed E-state index contributed by atoms with van der Waals surface area (Å²) in [5, 5.41) is 16.2. The van der Waals surface area contributed by atoms with Gasteiger partial charge in [-0.1, -0.05) is 4.49 Å². The Morgan fingerprint density at radius 3 is 3.04 bits per heavy atom. The van der Waals surface area contributed by atoms with E-state index < -0.39 is 0 Å². The molecule has 0 bridgehead atoms. The van der Waals surface area contributed by atoms with Crippen molar-refractivity contribution in [3.63, 3.8) is 0 Å². The van der Waals surface area contributed by atoms with Gasteiger partial charge in [0.15, 0.2) is 0 Å². The normalized spacial score (nSPS) is 18.0. The molecule has 3 aromatic rings. The van der Waals surface area contributed by atoms with Gasteiger partial charge in [0.05, 0.1) is 11.6 Å². The number of thiophene rings is 1. The number of aryl methyl sites for hydroxylation is 1. The minimum absolute atomic E-state index is 0.00947. The molecule has 3 aromatic heterocycles. The molecule has 1 atom stereocenters. The van der Waals surface area contributed by atoms with Crippen molar-refractivity contribution in [3.05, 3.63) is 33.3 Å². The Balaban J connectivity index is 1.51. The molecule has 1 fully saturated rings. The number of nitrogens with zero attached hydrogens (tertiary/aromatic N) is 5. The van der Waals surface area contributed by atoms with E-state index in [0.29, 0.717) is 28.9 Å². The summed E-state index contributed by atoms with van der Waals surface area (Å²) in [4.78, 5) is 15.1. The average molecular weight is 361 g/mol. The highest BCUT2D eigenvalue weighted by Crippen LogP contribution is 2.30. The highest BCUT2D eigenvalue weighted by Gasteiger charge is 2.30. The molecular formula is C15H15N5O2S2. The molecule has 0 radical (unpaired) electrons. The van der Waals surface area contributed by atoms with Crippen molar-refractivity contribution in [3.8, 4) is 11.5 Å². The van der Waals surface area contributed by atoms with Crippen LogP contribution in [0.3, 0.4) is 0 Å². The number of piperidine rings is 1. The van der Waals surface area contributed by atoms with E-state index in [-0.39, 0.29) is 11.8 Å². The van der Waals surface area contributed by atoms with E-state index in [2.05, 4.69) is 19.8 Å². The average Bonchev–Trinajstić information content (AvgIpc) is 3.35. The first-order chi connectivity index (χ1) is 11.7. The Kier molecular flexibility index (Phi) is 4.11. The maximum atomic E-state index is 12.6. The second-order valence-corrected chi connectivity index (χ2v) is 7.27. The summed E-state index contributed by atoms with van der Waals surface area (Å²) >= 11 is 2.74. The third-order valence-corrected chi connectivity index (χ3v) is 5.61. The lowest BCUT2D eigenvalue weighted by Crippen LogP contribution is -2.39. The quantitative estimate of drug-likeness (QED) is 0.713. The number of rotatable bonds is 3. The molecule has 1 aliphatic heterocycles. The zero-order valence-corrected chi connectivity index (χ0v) is 14.6. The van der Waals surface area contributed by atoms with Crippen LogP contribution < -0.4 is 0 Å². The summed E-state index contributed by atoms with van der Waals surface area (Å²) in [5.74, 6) is 1.21. The first kappa shape index (κ1) is 15.4. The SMILES string of the molecule is Cc1nnsc1C(=O)N1CCC[C@@H](c2nnc(-c3ccsc3)o2)C1. The van der Waals surface area contributed by atoms with Gasteiger partial charge in [-0.3, -0.25) is 4.79 Å². The summed E-state index contributed by atoms with van der Waals surface area (Å²) in [5.41, 5.74) is 1.62. The van der Waals surface area contributed by atoms with Gasteiger partial charge in [0.1, 0.15) is 4.88 Å². The Morgan fingerprint density at radius 1 is 1.38 bits per heavy atom. The van der Waals surface area contributed by atoms with Crippen molar-refractivity contribution in [2.75, 3.05) is 13.1 Å². The van der Waals surface area contributed by atoms with Crippen molar-refractivity contribution in [1.29, 1.82) is 0 Å². The number of hydrogen-bond donors (Lipinski definition) is 0. The van der Waals surface area contributed by atoms with E-state index >= 15 is 0 Å². The summed E-state index contributed by atoms with van der Waals surface area (Å²) in [6.45, 7) is 3.13. The number of aromatic nitrogens is 4. The molecule has 0 saturated carbocycles. The van der Waals surface area contributed by atoms with Gasteiger partial charge in [-0.15, -0.1) is 15.3 Å². The van der Waals surface area contributed by atoms with Crippen LogP contribution in [0.4, 0.5) is 0 Å². The van der Waals surface area contributed by atoms with Crippen LogP contribution in [0.25, 0.3) is 11.5 Å². The fourth-order valence-corrected chi connectivity index (χ4v) is 4.09. The predicted molar refractivity (Wildman–Crippen MR) is 90.1 cm³/mol. The van der Waals surface area contributed by atoms with E-state index in [1.807, 2.05) is 28.7 Å². The Morgan fingerprint density at radius 2 is 2.29 bits per heavy atom. The molecule has 0 unspecified atom stereocenters. The van der Waals surface area contributed by atoms with Crippen LogP contribution in [0.5, 0.6) is 0 Å². The second-order valence-electron chi connectivity index (χ2n) is 5.74. The van der Waals surface area contributed by atoms with E-state index in [0.717, 1.165) is 36.5 Å². The third kappa shape index (κ3) is 2.84. The van der Waals surface area contributed by atoms with Gasteiger partial charge in [0.2, 0.25) is 11.8 Å². The van der Waals surface area contributed by atoms with Crippen molar-refractivity contribution in [2.45, 2.75) is 25.7 Å². The second kappa shape index (κ2) is 6.40. The van der Waals surface area contributed by atoms with Gasteiger partial charge in [0, 0.05) is 24.0 Å². The molecule has 1 saturated heterocycles. The fraction of sp³-hybridized carbons (Fsp3) is 0.400. The van der Waals surface area contributed by atoms with Gasteiger partial charge in [0.25, 0.3) is 5.91 Å².